The molecule has 4 aliphatic rings. The lowest BCUT2D eigenvalue weighted by molar-refractivity contribution is -0.0337. The fourth-order valence-electron chi connectivity index (χ4n) is 6.12. The molecular weight excluding hydrogens is 336 g/mol. The van der Waals surface area contributed by atoms with Gasteiger partial charge in [0.15, 0.2) is 0 Å². The Labute approximate surface area is 164 Å². The van der Waals surface area contributed by atoms with E-state index in [2.05, 4.69) is 11.8 Å². The second kappa shape index (κ2) is 8.13. The van der Waals surface area contributed by atoms with Gasteiger partial charge in [0, 0.05) is 24.9 Å². The van der Waals surface area contributed by atoms with Crippen molar-refractivity contribution in [1.29, 1.82) is 0 Å². The van der Waals surface area contributed by atoms with E-state index in [1.54, 1.807) is 0 Å². The molecule has 0 saturated heterocycles. The van der Waals surface area contributed by atoms with Gasteiger partial charge in [-0.3, -0.25) is 4.99 Å². The number of aliphatic imine (C=N–C) groups is 1. The number of ether oxygens (including phenoxy) is 1. The molecule has 0 aromatic carbocycles. The van der Waals surface area contributed by atoms with Crippen molar-refractivity contribution in [2.24, 2.45) is 34.4 Å². The second-order valence-electron chi connectivity index (χ2n) is 9.36. The number of amidine groups is 1. The first-order chi connectivity index (χ1) is 13.1. The highest BCUT2D eigenvalue weighted by Gasteiger charge is 2.55. The number of rotatable bonds is 2. The van der Waals surface area contributed by atoms with Crippen LogP contribution in [-0.4, -0.2) is 35.8 Å². The molecule has 27 heavy (non-hydrogen) atoms. The van der Waals surface area contributed by atoms with E-state index in [0.29, 0.717) is 29.7 Å². The Kier molecular flexibility index (Phi) is 5.81. The normalized spacial score (nSPS) is 42.7. The van der Waals surface area contributed by atoms with Crippen LogP contribution in [0.15, 0.2) is 4.99 Å². The summed E-state index contributed by atoms with van der Waals surface area (Å²) in [5.74, 6) is 9.09. The van der Waals surface area contributed by atoms with Crippen molar-refractivity contribution in [2.45, 2.75) is 94.8 Å². The number of nitrogens with zero attached hydrogens (tertiary/aromatic N) is 1. The van der Waals surface area contributed by atoms with Gasteiger partial charge in [0.25, 0.3) is 0 Å². The van der Waals surface area contributed by atoms with Crippen molar-refractivity contribution in [3.05, 3.63) is 0 Å². The van der Waals surface area contributed by atoms with E-state index in [-0.39, 0.29) is 12.0 Å². The van der Waals surface area contributed by atoms with E-state index in [4.69, 9.17) is 15.5 Å². The molecule has 4 atom stereocenters. The molecule has 150 valence electrons. The average molecular weight is 373 g/mol. The lowest BCUT2D eigenvalue weighted by atomic mass is 9.64. The summed E-state index contributed by atoms with van der Waals surface area (Å²) in [5.41, 5.74) is 5.45. The lowest BCUT2D eigenvalue weighted by Gasteiger charge is -2.43. The van der Waals surface area contributed by atoms with Crippen LogP contribution in [0.5, 0.6) is 0 Å². The lowest BCUT2D eigenvalue weighted by Crippen LogP contribution is -2.55. The Morgan fingerprint density at radius 3 is 2.33 bits per heavy atom. The molecule has 0 radical (unpaired) electrons. The van der Waals surface area contributed by atoms with Crippen LogP contribution in [0.2, 0.25) is 0 Å². The number of fused-ring (bicyclic) bond motifs is 1. The highest BCUT2D eigenvalue weighted by molar-refractivity contribution is 5.91. The molecule has 0 aromatic heterocycles. The van der Waals surface area contributed by atoms with Crippen molar-refractivity contribution in [3.8, 4) is 11.8 Å². The first kappa shape index (κ1) is 19.3. The van der Waals surface area contributed by atoms with E-state index in [0.717, 1.165) is 57.8 Å². The number of hydrogen-bond acceptors (Lipinski definition) is 4. The minimum absolute atomic E-state index is 0.179. The summed E-state index contributed by atoms with van der Waals surface area (Å²) in [7, 11) is 1.82. The zero-order valence-corrected chi connectivity index (χ0v) is 16.8. The molecule has 0 bridgehead atoms. The summed E-state index contributed by atoms with van der Waals surface area (Å²) in [6.45, 7) is 0. The standard InChI is InChI=1S/C23H36N2O2/c1-27-19-12-9-16(10-13-19)7-8-17-11-14-21-20(15-17)23(26,22(24)25-21)18-5-3-2-4-6-18/h16-21,26H,2-6,9-15H2,1H3,(H2,24,25). The van der Waals surface area contributed by atoms with Gasteiger partial charge in [-0.25, -0.2) is 0 Å². The van der Waals surface area contributed by atoms with E-state index in [1.165, 1.54) is 19.3 Å². The van der Waals surface area contributed by atoms with Crippen molar-refractivity contribution in [2.75, 3.05) is 7.11 Å². The van der Waals surface area contributed by atoms with Gasteiger partial charge >= 0.3 is 0 Å². The molecule has 0 amide bonds. The summed E-state index contributed by atoms with van der Waals surface area (Å²) in [6, 6.07) is 0.215. The number of hydrogen-bond donors (Lipinski definition) is 2. The molecule has 1 aliphatic heterocycles. The third kappa shape index (κ3) is 3.78. The maximum absolute atomic E-state index is 11.7. The third-order valence-electron chi connectivity index (χ3n) is 7.82. The van der Waals surface area contributed by atoms with Gasteiger partial charge in [-0.1, -0.05) is 31.1 Å². The van der Waals surface area contributed by atoms with Gasteiger partial charge in [0.1, 0.15) is 11.4 Å². The Morgan fingerprint density at radius 1 is 0.963 bits per heavy atom. The van der Waals surface area contributed by atoms with E-state index < -0.39 is 5.60 Å². The van der Waals surface area contributed by atoms with E-state index in [9.17, 15) is 5.11 Å². The molecule has 4 nitrogen and oxygen atoms in total. The average Bonchev–Trinajstić information content (AvgIpc) is 2.98. The van der Waals surface area contributed by atoms with Crippen LogP contribution in [-0.2, 0) is 4.74 Å². The zero-order chi connectivity index (χ0) is 18.9. The fourth-order valence-corrected chi connectivity index (χ4v) is 6.12. The van der Waals surface area contributed by atoms with Crippen LogP contribution in [0.4, 0.5) is 0 Å². The predicted octanol–water partition coefficient (Wildman–Crippen LogP) is 3.66. The van der Waals surface area contributed by atoms with Crippen molar-refractivity contribution < 1.29 is 9.84 Å². The highest BCUT2D eigenvalue weighted by atomic mass is 16.5. The summed E-state index contributed by atoms with van der Waals surface area (Å²) >= 11 is 0. The number of methoxy groups -OCH3 is 1. The molecule has 4 heteroatoms. The first-order valence-corrected chi connectivity index (χ1v) is 11.2. The molecule has 4 unspecified atom stereocenters. The summed E-state index contributed by atoms with van der Waals surface area (Å²) in [6.07, 6.45) is 14.0. The van der Waals surface area contributed by atoms with Gasteiger partial charge in [-0.05, 0) is 63.7 Å². The number of aliphatic hydroxyl groups is 1. The SMILES string of the molecule is COC1CCC(C#CC2CCC3N=C(N)C(O)(C4CCCCC4)C3C2)CC1. The topological polar surface area (TPSA) is 67.8 Å². The second-order valence-corrected chi connectivity index (χ2v) is 9.36. The molecule has 1 heterocycles. The monoisotopic (exact) mass is 372 g/mol. The van der Waals surface area contributed by atoms with Crippen LogP contribution in [0.1, 0.15) is 77.0 Å². The Hall–Kier alpha value is -1.05. The molecule has 0 spiro atoms. The van der Waals surface area contributed by atoms with Crippen LogP contribution in [0.3, 0.4) is 0 Å². The van der Waals surface area contributed by atoms with Crippen molar-refractivity contribution in [1.82, 2.24) is 0 Å². The molecule has 0 aromatic rings. The van der Waals surface area contributed by atoms with Crippen LogP contribution in [0.25, 0.3) is 0 Å². The zero-order valence-electron chi connectivity index (χ0n) is 16.8. The molecule has 3 fully saturated rings. The largest absolute Gasteiger partial charge is 0.385 e. The predicted molar refractivity (Wildman–Crippen MR) is 108 cm³/mol. The quantitative estimate of drug-likeness (QED) is 0.727. The molecule has 3 N–H and O–H groups in total. The van der Waals surface area contributed by atoms with Gasteiger partial charge in [0.2, 0.25) is 0 Å². The molecule has 4 rings (SSSR count). The Balaban J connectivity index is 1.41. The van der Waals surface area contributed by atoms with Crippen LogP contribution < -0.4 is 5.73 Å². The van der Waals surface area contributed by atoms with Gasteiger partial charge < -0.3 is 15.6 Å². The maximum Gasteiger partial charge on any atom is 0.129 e. The summed E-state index contributed by atoms with van der Waals surface area (Å²) < 4.78 is 5.47. The molecule has 3 aliphatic carbocycles. The van der Waals surface area contributed by atoms with E-state index in [1.807, 2.05) is 7.11 Å². The number of nitrogens with two attached hydrogens (primary N) is 1. The Bertz CT molecular complexity index is 608. The minimum Gasteiger partial charge on any atom is -0.385 e. The highest BCUT2D eigenvalue weighted by Crippen LogP contribution is 2.48. The molecule has 3 saturated carbocycles. The summed E-state index contributed by atoms with van der Waals surface area (Å²) in [5, 5.41) is 11.7. The van der Waals surface area contributed by atoms with Gasteiger partial charge in [-0.2, -0.15) is 0 Å². The van der Waals surface area contributed by atoms with Crippen molar-refractivity contribution >= 4 is 5.84 Å². The first-order valence-electron chi connectivity index (χ1n) is 11.2. The van der Waals surface area contributed by atoms with Crippen molar-refractivity contribution in [3.63, 3.8) is 0 Å². The minimum atomic E-state index is -0.873. The fraction of sp³-hybridized carbons (Fsp3) is 0.870. The van der Waals surface area contributed by atoms with Crippen LogP contribution >= 0.6 is 0 Å². The van der Waals surface area contributed by atoms with E-state index >= 15 is 0 Å². The maximum atomic E-state index is 11.7. The molecular formula is C23H36N2O2. The van der Waals surface area contributed by atoms with Gasteiger partial charge in [0.05, 0.1) is 12.1 Å². The summed E-state index contributed by atoms with van der Waals surface area (Å²) in [4.78, 5) is 4.72. The third-order valence-corrected chi connectivity index (χ3v) is 7.82. The Morgan fingerprint density at radius 2 is 1.63 bits per heavy atom. The van der Waals surface area contributed by atoms with Gasteiger partial charge in [-0.15, -0.1) is 0 Å². The van der Waals surface area contributed by atoms with Crippen LogP contribution in [0, 0.1) is 35.5 Å². The smallest absolute Gasteiger partial charge is 0.129 e.